The third-order valence-electron chi connectivity index (χ3n) is 4.71. The van der Waals surface area contributed by atoms with Gasteiger partial charge in [0.1, 0.15) is 0 Å². The molecule has 0 spiro atoms. The average molecular weight is 379 g/mol. The van der Waals surface area contributed by atoms with E-state index in [0.717, 1.165) is 23.6 Å². The summed E-state index contributed by atoms with van der Waals surface area (Å²) in [5.74, 6) is 0.240. The van der Waals surface area contributed by atoms with Gasteiger partial charge in [-0.05, 0) is 17.7 Å². The molecule has 0 unspecified atom stereocenters. The zero-order valence-electron chi connectivity index (χ0n) is 15.2. The average Bonchev–Trinajstić information content (AvgIpc) is 3.15. The highest BCUT2D eigenvalue weighted by molar-refractivity contribution is 6.34. The van der Waals surface area contributed by atoms with Gasteiger partial charge in [0, 0.05) is 45.8 Å². The maximum Gasteiger partial charge on any atom is 0.312 e. The van der Waals surface area contributed by atoms with Gasteiger partial charge in [0.25, 0.3) is 0 Å². The van der Waals surface area contributed by atoms with Gasteiger partial charge in [-0.2, -0.15) is 0 Å². The van der Waals surface area contributed by atoms with Crippen molar-refractivity contribution < 1.29 is 29.3 Å². The van der Waals surface area contributed by atoms with Gasteiger partial charge in [-0.25, -0.2) is 0 Å². The number of aliphatic hydroxyl groups excluding tert-OH is 2. The predicted molar refractivity (Wildman–Crippen MR) is 95.2 cm³/mol. The van der Waals surface area contributed by atoms with E-state index in [2.05, 4.69) is 4.90 Å². The molecule has 9 heteroatoms. The maximum absolute atomic E-state index is 12.4. The van der Waals surface area contributed by atoms with Crippen molar-refractivity contribution in [1.29, 1.82) is 0 Å². The topological polar surface area (TPSA) is 103 Å². The number of carbonyl (C=O) groups excluding carboxylic acids is 2. The van der Waals surface area contributed by atoms with Crippen molar-refractivity contribution in [1.82, 2.24) is 14.7 Å². The van der Waals surface area contributed by atoms with Crippen molar-refractivity contribution >= 4 is 11.8 Å². The van der Waals surface area contributed by atoms with E-state index in [9.17, 15) is 9.59 Å². The molecule has 0 aromatic heterocycles. The normalized spacial score (nSPS) is 16.4. The highest BCUT2D eigenvalue weighted by atomic mass is 16.7. The van der Waals surface area contributed by atoms with Crippen molar-refractivity contribution in [2.45, 2.75) is 6.54 Å². The van der Waals surface area contributed by atoms with Crippen LogP contribution >= 0.6 is 0 Å². The van der Waals surface area contributed by atoms with E-state index in [0.29, 0.717) is 26.2 Å². The second-order valence-corrected chi connectivity index (χ2v) is 6.50. The minimum atomic E-state index is -0.678. The van der Waals surface area contributed by atoms with Crippen molar-refractivity contribution in [2.75, 3.05) is 59.3 Å². The summed E-state index contributed by atoms with van der Waals surface area (Å²) in [6, 6.07) is 5.86. The molecule has 0 saturated carbocycles. The van der Waals surface area contributed by atoms with Gasteiger partial charge in [0.2, 0.25) is 6.79 Å². The molecule has 148 valence electrons. The van der Waals surface area contributed by atoms with Crippen molar-refractivity contribution in [3.63, 3.8) is 0 Å². The first-order valence-electron chi connectivity index (χ1n) is 9.03. The molecule has 9 nitrogen and oxygen atoms in total. The molecule has 1 aromatic carbocycles. The SMILES string of the molecule is O=C(C(=O)N1CCN(Cc2ccc3c(c2)OCO3)CC1)N(CCO)CCO. The second kappa shape index (κ2) is 9.03. The van der Waals surface area contributed by atoms with E-state index in [4.69, 9.17) is 19.7 Å². The first-order valence-corrected chi connectivity index (χ1v) is 9.03. The first-order chi connectivity index (χ1) is 13.1. The Morgan fingerprint density at radius 2 is 1.67 bits per heavy atom. The molecular weight excluding hydrogens is 354 g/mol. The van der Waals surface area contributed by atoms with E-state index in [1.807, 2.05) is 18.2 Å². The number of aliphatic hydroxyl groups is 2. The summed E-state index contributed by atoms with van der Waals surface area (Å²) in [7, 11) is 0. The number of ether oxygens (including phenoxy) is 2. The number of hydrogen-bond acceptors (Lipinski definition) is 7. The Morgan fingerprint density at radius 3 is 2.33 bits per heavy atom. The van der Waals surface area contributed by atoms with Crippen molar-refractivity contribution in [3.05, 3.63) is 23.8 Å². The fourth-order valence-corrected chi connectivity index (χ4v) is 3.23. The molecule has 0 aliphatic carbocycles. The van der Waals surface area contributed by atoms with Crippen LogP contribution in [0.1, 0.15) is 5.56 Å². The minimum absolute atomic E-state index is 0.0369. The van der Waals surface area contributed by atoms with Gasteiger partial charge in [0.15, 0.2) is 11.5 Å². The number of amides is 2. The Hall–Kier alpha value is -2.36. The summed E-state index contributed by atoms with van der Waals surface area (Å²) in [6.07, 6.45) is 0. The van der Waals surface area contributed by atoms with Gasteiger partial charge in [-0.15, -0.1) is 0 Å². The summed E-state index contributed by atoms with van der Waals surface area (Å²) in [4.78, 5) is 29.6. The van der Waals surface area contributed by atoms with E-state index < -0.39 is 11.8 Å². The number of hydrogen-bond donors (Lipinski definition) is 2. The van der Waals surface area contributed by atoms with Crippen LogP contribution in [0.25, 0.3) is 0 Å². The standard InChI is InChI=1S/C18H25N3O6/c22-9-7-21(8-10-23)18(25)17(24)20-5-3-19(4-6-20)12-14-1-2-15-16(11-14)27-13-26-15/h1-2,11,22-23H,3-10,12-13H2. The quantitative estimate of drug-likeness (QED) is 0.603. The maximum atomic E-state index is 12.4. The van der Waals surface area contributed by atoms with Crippen molar-refractivity contribution in [2.24, 2.45) is 0 Å². The van der Waals surface area contributed by atoms with Crippen LogP contribution < -0.4 is 9.47 Å². The summed E-state index contributed by atoms with van der Waals surface area (Å²) >= 11 is 0. The molecule has 27 heavy (non-hydrogen) atoms. The monoisotopic (exact) mass is 379 g/mol. The third-order valence-corrected chi connectivity index (χ3v) is 4.71. The lowest BCUT2D eigenvalue weighted by molar-refractivity contribution is -0.153. The highest BCUT2D eigenvalue weighted by Gasteiger charge is 2.29. The Labute approximate surface area is 157 Å². The van der Waals surface area contributed by atoms with Crippen LogP contribution in [0.2, 0.25) is 0 Å². The van der Waals surface area contributed by atoms with Gasteiger partial charge in [-0.3, -0.25) is 14.5 Å². The van der Waals surface area contributed by atoms with E-state index >= 15 is 0 Å². The number of piperazine rings is 1. The Kier molecular flexibility index (Phi) is 6.49. The molecule has 0 atom stereocenters. The van der Waals surface area contributed by atoms with Crippen LogP contribution in [-0.2, 0) is 16.1 Å². The Morgan fingerprint density at radius 1 is 1.00 bits per heavy atom. The molecule has 3 rings (SSSR count). The van der Waals surface area contributed by atoms with Crippen LogP contribution in [0.3, 0.4) is 0 Å². The molecular formula is C18H25N3O6. The van der Waals surface area contributed by atoms with E-state index in [1.165, 1.54) is 9.80 Å². The lowest BCUT2D eigenvalue weighted by Crippen LogP contribution is -2.53. The molecule has 1 fully saturated rings. The summed E-state index contributed by atoms with van der Waals surface area (Å²) < 4.78 is 10.7. The van der Waals surface area contributed by atoms with Crippen LogP contribution in [0.4, 0.5) is 0 Å². The number of nitrogens with zero attached hydrogens (tertiary/aromatic N) is 3. The van der Waals surface area contributed by atoms with Crippen LogP contribution in [0.5, 0.6) is 11.5 Å². The van der Waals surface area contributed by atoms with Crippen LogP contribution in [0.15, 0.2) is 18.2 Å². The van der Waals surface area contributed by atoms with Gasteiger partial charge < -0.3 is 29.5 Å². The van der Waals surface area contributed by atoms with Gasteiger partial charge in [0.05, 0.1) is 13.2 Å². The molecule has 2 N–H and O–H groups in total. The minimum Gasteiger partial charge on any atom is -0.454 e. The highest BCUT2D eigenvalue weighted by Crippen LogP contribution is 2.32. The summed E-state index contributed by atoms with van der Waals surface area (Å²) in [5.41, 5.74) is 1.10. The van der Waals surface area contributed by atoms with Gasteiger partial charge >= 0.3 is 11.8 Å². The van der Waals surface area contributed by atoms with E-state index in [1.54, 1.807) is 0 Å². The van der Waals surface area contributed by atoms with E-state index in [-0.39, 0.29) is 33.1 Å². The lowest BCUT2D eigenvalue weighted by Gasteiger charge is -2.35. The number of fused-ring (bicyclic) bond motifs is 1. The smallest absolute Gasteiger partial charge is 0.312 e. The number of carbonyl (C=O) groups is 2. The third kappa shape index (κ3) is 4.68. The summed E-state index contributed by atoms with van der Waals surface area (Å²) in [5, 5.41) is 18.0. The predicted octanol–water partition coefficient (Wildman–Crippen LogP) is -1.13. The largest absolute Gasteiger partial charge is 0.454 e. The molecule has 2 aliphatic rings. The molecule has 0 radical (unpaired) electrons. The number of benzene rings is 1. The first kappa shape index (κ1) is 19.4. The van der Waals surface area contributed by atoms with Crippen LogP contribution in [0, 0.1) is 0 Å². The lowest BCUT2D eigenvalue weighted by atomic mass is 10.1. The molecule has 0 bridgehead atoms. The molecule has 1 saturated heterocycles. The fraction of sp³-hybridized carbons (Fsp3) is 0.556. The number of rotatable bonds is 6. The molecule has 1 aromatic rings. The zero-order valence-corrected chi connectivity index (χ0v) is 15.2. The van der Waals surface area contributed by atoms with Gasteiger partial charge in [-0.1, -0.05) is 6.07 Å². The second-order valence-electron chi connectivity index (χ2n) is 6.50. The zero-order chi connectivity index (χ0) is 19.2. The van der Waals surface area contributed by atoms with Crippen LogP contribution in [-0.4, -0.2) is 96.0 Å². The Bertz CT molecular complexity index is 669. The molecule has 2 amide bonds. The fourth-order valence-electron chi connectivity index (χ4n) is 3.23. The Balaban J connectivity index is 1.50. The summed E-state index contributed by atoms with van der Waals surface area (Å²) in [6.45, 7) is 2.80. The van der Waals surface area contributed by atoms with Crippen molar-refractivity contribution in [3.8, 4) is 11.5 Å². The molecule has 2 heterocycles. The molecule has 2 aliphatic heterocycles.